The second kappa shape index (κ2) is 11.0. The monoisotopic (exact) mass is 479 g/mol. The van der Waals surface area contributed by atoms with E-state index in [-0.39, 0.29) is 5.91 Å². The molecule has 5 nitrogen and oxygen atoms in total. The molecule has 1 amide bonds. The molecule has 1 N–H and O–H groups in total. The molecule has 1 saturated heterocycles. The minimum Gasteiger partial charge on any atom is -0.390 e. The lowest BCUT2D eigenvalue weighted by Crippen LogP contribution is -2.47. The standard InChI is InChI=1S/C24H38BrN3O2/c1-4-6-7-19-10-11-26(15-18(19)3)16-21(29)17-28-13-12-27(5-2)23-14-20(25)8-9-22(23)24(28)30/h8-9,14,18-19,21,29H,4-7,10-13,15-17H2,1-3H3/t18?,19?,21-/m1/s1. The maximum absolute atomic E-state index is 13.2. The zero-order valence-electron chi connectivity index (χ0n) is 18.8. The minimum atomic E-state index is -0.514. The van der Waals surface area contributed by atoms with Crippen molar-refractivity contribution < 1.29 is 9.90 Å². The fourth-order valence-corrected chi connectivity index (χ4v) is 5.38. The second-order valence-corrected chi connectivity index (χ2v) is 9.99. The summed E-state index contributed by atoms with van der Waals surface area (Å²) in [6.45, 7) is 12.2. The van der Waals surface area contributed by atoms with E-state index in [1.165, 1.54) is 25.7 Å². The summed E-state index contributed by atoms with van der Waals surface area (Å²) in [5.41, 5.74) is 1.71. The molecule has 3 atom stereocenters. The first kappa shape index (κ1) is 23.6. The summed E-state index contributed by atoms with van der Waals surface area (Å²) in [5.74, 6) is 1.53. The highest BCUT2D eigenvalue weighted by Crippen LogP contribution is 2.30. The molecule has 2 aliphatic rings. The van der Waals surface area contributed by atoms with Crippen molar-refractivity contribution in [3.8, 4) is 0 Å². The van der Waals surface area contributed by atoms with Gasteiger partial charge in [0, 0.05) is 43.7 Å². The first-order valence-corrected chi connectivity index (χ1v) is 12.5. The Morgan fingerprint density at radius 3 is 2.63 bits per heavy atom. The quantitative estimate of drug-likeness (QED) is 0.605. The third-order valence-corrected chi connectivity index (χ3v) is 7.33. The maximum Gasteiger partial charge on any atom is 0.256 e. The van der Waals surface area contributed by atoms with E-state index in [1.807, 2.05) is 23.1 Å². The van der Waals surface area contributed by atoms with Crippen molar-refractivity contribution >= 4 is 27.5 Å². The number of carbonyl (C=O) groups is 1. The van der Waals surface area contributed by atoms with Crippen LogP contribution in [0.5, 0.6) is 0 Å². The van der Waals surface area contributed by atoms with E-state index < -0.39 is 6.10 Å². The molecule has 168 valence electrons. The van der Waals surface area contributed by atoms with Crippen molar-refractivity contribution in [2.24, 2.45) is 11.8 Å². The zero-order chi connectivity index (χ0) is 21.7. The number of aliphatic hydroxyl groups excluding tert-OH is 1. The number of unbranched alkanes of at least 4 members (excludes halogenated alkanes) is 1. The maximum atomic E-state index is 13.2. The summed E-state index contributed by atoms with van der Waals surface area (Å²) in [7, 11) is 0. The molecule has 2 heterocycles. The molecule has 2 aliphatic heterocycles. The third kappa shape index (κ3) is 5.77. The lowest BCUT2D eigenvalue weighted by molar-refractivity contribution is 0.0390. The molecule has 0 spiro atoms. The Kier molecular flexibility index (Phi) is 8.61. The molecule has 0 radical (unpaired) electrons. The van der Waals surface area contributed by atoms with Crippen LogP contribution in [0.15, 0.2) is 22.7 Å². The average Bonchev–Trinajstić information content (AvgIpc) is 2.84. The van der Waals surface area contributed by atoms with Crippen molar-refractivity contribution in [2.75, 3.05) is 50.7 Å². The van der Waals surface area contributed by atoms with E-state index in [9.17, 15) is 9.90 Å². The summed E-state index contributed by atoms with van der Waals surface area (Å²) < 4.78 is 0.984. The van der Waals surface area contributed by atoms with Crippen molar-refractivity contribution in [1.82, 2.24) is 9.80 Å². The number of carbonyl (C=O) groups excluding carboxylic acids is 1. The van der Waals surface area contributed by atoms with E-state index in [0.717, 1.165) is 47.8 Å². The first-order chi connectivity index (χ1) is 14.4. The molecule has 6 heteroatoms. The molecule has 0 bridgehead atoms. The highest BCUT2D eigenvalue weighted by atomic mass is 79.9. The Labute approximate surface area is 190 Å². The number of halogens is 1. The summed E-state index contributed by atoms with van der Waals surface area (Å²) in [5, 5.41) is 10.8. The summed E-state index contributed by atoms with van der Waals surface area (Å²) in [6.07, 6.45) is 4.64. The second-order valence-electron chi connectivity index (χ2n) is 9.07. The van der Waals surface area contributed by atoms with Gasteiger partial charge in [0.1, 0.15) is 0 Å². The number of hydrogen-bond acceptors (Lipinski definition) is 4. The van der Waals surface area contributed by atoms with Gasteiger partial charge in [-0.25, -0.2) is 0 Å². The SMILES string of the molecule is CCCCC1CCN(C[C@@H](O)CN2CCN(CC)c3cc(Br)ccc3C2=O)CC1C. The first-order valence-electron chi connectivity index (χ1n) is 11.7. The van der Waals surface area contributed by atoms with Gasteiger partial charge in [0.15, 0.2) is 0 Å². The molecule has 0 aromatic heterocycles. The Morgan fingerprint density at radius 2 is 1.93 bits per heavy atom. The Balaban J connectivity index is 1.58. The molecule has 3 rings (SSSR count). The lowest BCUT2D eigenvalue weighted by atomic mass is 9.83. The third-order valence-electron chi connectivity index (χ3n) is 6.84. The molecule has 1 fully saturated rings. The number of likely N-dealkylation sites (N-methyl/N-ethyl adjacent to an activating group) is 1. The predicted molar refractivity (Wildman–Crippen MR) is 127 cm³/mol. The van der Waals surface area contributed by atoms with Crippen LogP contribution in [0.4, 0.5) is 5.69 Å². The van der Waals surface area contributed by atoms with Crippen molar-refractivity contribution in [3.63, 3.8) is 0 Å². The zero-order valence-corrected chi connectivity index (χ0v) is 20.4. The fraction of sp³-hybridized carbons (Fsp3) is 0.708. The van der Waals surface area contributed by atoms with Crippen LogP contribution >= 0.6 is 15.9 Å². The molecule has 1 aromatic rings. The number of hydrogen-bond donors (Lipinski definition) is 1. The number of piperidine rings is 1. The van der Waals surface area contributed by atoms with Gasteiger partial charge in [-0.15, -0.1) is 0 Å². The smallest absolute Gasteiger partial charge is 0.256 e. The number of nitrogens with zero attached hydrogens (tertiary/aromatic N) is 3. The molecular weight excluding hydrogens is 442 g/mol. The van der Waals surface area contributed by atoms with Crippen LogP contribution in [0.2, 0.25) is 0 Å². The van der Waals surface area contributed by atoms with Crippen LogP contribution in [0, 0.1) is 11.8 Å². The minimum absolute atomic E-state index is 0.0270. The largest absolute Gasteiger partial charge is 0.390 e. The van der Waals surface area contributed by atoms with Crippen molar-refractivity contribution in [1.29, 1.82) is 0 Å². The number of rotatable bonds is 8. The van der Waals surface area contributed by atoms with Crippen LogP contribution in [-0.2, 0) is 0 Å². The topological polar surface area (TPSA) is 47.0 Å². The summed E-state index contributed by atoms with van der Waals surface area (Å²) in [4.78, 5) is 19.7. The van der Waals surface area contributed by atoms with E-state index in [2.05, 4.69) is 46.5 Å². The van der Waals surface area contributed by atoms with Crippen LogP contribution < -0.4 is 4.90 Å². The average molecular weight is 480 g/mol. The number of anilines is 1. The number of β-amino-alcohol motifs (C(OH)–C–C–N with tert-alkyl or cyclic N) is 1. The predicted octanol–water partition coefficient (Wildman–Crippen LogP) is 4.24. The van der Waals surface area contributed by atoms with Crippen molar-refractivity contribution in [2.45, 2.75) is 52.6 Å². The molecule has 30 heavy (non-hydrogen) atoms. The van der Waals surface area contributed by atoms with Gasteiger partial charge in [0.2, 0.25) is 0 Å². The van der Waals surface area contributed by atoms with Gasteiger partial charge in [-0.05, 0) is 49.9 Å². The Bertz CT molecular complexity index is 714. The van der Waals surface area contributed by atoms with Gasteiger partial charge >= 0.3 is 0 Å². The van der Waals surface area contributed by atoms with Gasteiger partial charge in [0.05, 0.1) is 17.4 Å². The van der Waals surface area contributed by atoms with E-state index in [4.69, 9.17) is 0 Å². The molecule has 0 saturated carbocycles. The number of likely N-dealkylation sites (tertiary alicyclic amines) is 1. The number of aliphatic hydroxyl groups is 1. The van der Waals surface area contributed by atoms with Crippen LogP contribution in [0.3, 0.4) is 0 Å². The van der Waals surface area contributed by atoms with Gasteiger partial charge in [-0.2, -0.15) is 0 Å². The Morgan fingerprint density at radius 1 is 1.17 bits per heavy atom. The Hall–Kier alpha value is -1.11. The highest BCUT2D eigenvalue weighted by Gasteiger charge is 2.30. The van der Waals surface area contributed by atoms with Crippen LogP contribution in [0.25, 0.3) is 0 Å². The highest BCUT2D eigenvalue weighted by molar-refractivity contribution is 9.10. The molecule has 1 aromatic carbocycles. The summed E-state index contributed by atoms with van der Waals surface area (Å²) in [6, 6.07) is 5.85. The molecular formula is C24H38BrN3O2. The van der Waals surface area contributed by atoms with Crippen LogP contribution in [0.1, 0.15) is 56.8 Å². The van der Waals surface area contributed by atoms with Gasteiger partial charge < -0.3 is 19.8 Å². The normalized spacial score (nSPS) is 24.0. The summed E-state index contributed by atoms with van der Waals surface area (Å²) >= 11 is 3.53. The van der Waals surface area contributed by atoms with Gasteiger partial charge in [-0.3, -0.25) is 4.79 Å². The van der Waals surface area contributed by atoms with Crippen molar-refractivity contribution in [3.05, 3.63) is 28.2 Å². The van der Waals surface area contributed by atoms with E-state index >= 15 is 0 Å². The van der Waals surface area contributed by atoms with Gasteiger partial charge in [0.25, 0.3) is 5.91 Å². The van der Waals surface area contributed by atoms with Gasteiger partial charge in [-0.1, -0.05) is 49.0 Å². The number of amides is 1. The van der Waals surface area contributed by atoms with E-state index in [0.29, 0.717) is 25.6 Å². The van der Waals surface area contributed by atoms with Crippen LogP contribution in [-0.4, -0.2) is 72.7 Å². The lowest BCUT2D eigenvalue weighted by Gasteiger charge is -2.38. The van der Waals surface area contributed by atoms with E-state index in [1.54, 1.807) is 0 Å². The fourth-order valence-electron chi connectivity index (χ4n) is 5.04. The number of benzene rings is 1. The molecule has 2 unspecified atom stereocenters. The number of fused-ring (bicyclic) bond motifs is 1. The molecule has 0 aliphatic carbocycles.